The number of rotatable bonds is 7. The van der Waals surface area contributed by atoms with Crippen molar-refractivity contribution in [1.82, 2.24) is 24.7 Å². The molecule has 24 heavy (non-hydrogen) atoms. The molecule has 0 atom stereocenters. The molecule has 128 valence electrons. The summed E-state index contributed by atoms with van der Waals surface area (Å²) in [7, 11) is 0. The normalized spacial score (nSPS) is 11.5. The first-order valence-electron chi connectivity index (χ1n) is 8.23. The number of aromatic nitrogens is 4. The third-order valence-electron chi connectivity index (χ3n) is 4.20. The molecule has 2 aromatic heterocycles. The van der Waals surface area contributed by atoms with E-state index in [1.807, 2.05) is 10.6 Å². The molecular weight excluding hydrogens is 322 g/mol. The molecular formula is C17H23N5OS. The van der Waals surface area contributed by atoms with Crippen LogP contribution in [0, 0.1) is 13.8 Å². The van der Waals surface area contributed by atoms with E-state index >= 15 is 0 Å². The van der Waals surface area contributed by atoms with E-state index in [1.165, 1.54) is 22.5 Å². The van der Waals surface area contributed by atoms with Crippen LogP contribution in [0.25, 0.3) is 4.96 Å². The lowest BCUT2D eigenvalue weighted by atomic mass is 10.1. The van der Waals surface area contributed by atoms with Crippen LogP contribution in [0.4, 0.5) is 0 Å². The summed E-state index contributed by atoms with van der Waals surface area (Å²) in [6.07, 6.45) is 0. The Kier molecular flexibility index (Phi) is 5.11. The van der Waals surface area contributed by atoms with E-state index in [4.69, 9.17) is 4.74 Å². The van der Waals surface area contributed by atoms with Crippen molar-refractivity contribution in [2.75, 3.05) is 13.1 Å². The largest absolute Gasteiger partial charge is 0.486 e. The molecule has 0 N–H and O–H groups in total. The van der Waals surface area contributed by atoms with Gasteiger partial charge in [-0.2, -0.15) is 9.61 Å². The molecule has 0 spiro atoms. The van der Waals surface area contributed by atoms with Crippen molar-refractivity contribution < 1.29 is 4.74 Å². The number of aryl methyl sites for hydroxylation is 2. The second-order valence-corrected chi connectivity index (χ2v) is 6.84. The SMILES string of the molecule is CCN(CC)Cc1nnc2sc(COc3ccc(C)c(C)c3)nn12. The van der Waals surface area contributed by atoms with Crippen LogP contribution in [-0.4, -0.2) is 37.8 Å². The number of ether oxygens (including phenoxy) is 1. The summed E-state index contributed by atoms with van der Waals surface area (Å²) in [4.78, 5) is 3.11. The molecule has 0 radical (unpaired) electrons. The summed E-state index contributed by atoms with van der Waals surface area (Å²) >= 11 is 1.52. The van der Waals surface area contributed by atoms with Gasteiger partial charge in [0.15, 0.2) is 10.8 Å². The molecule has 0 aliphatic heterocycles. The molecule has 0 unspecified atom stereocenters. The molecule has 3 rings (SSSR count). The molecule has 1 aromatic carbocycles. The lowest BCUT2D eigenvalue weighted by Crippen LogP contribution is -2.23. The fourth-order valence-corrected chi connectivity index (χ4v) is 3.22. The van der Waals surface area contributed by atoms with Gasteiger partial charge < -0.3 is 4.74 Å². The van der Waals surface area contributed by atoms with Crippen molar-refractivity contribution >= 4 is 16.3 Å². The van der Waals surface area contributed by atoms with Gasteiger partial charge in [0.05, 0.1) is 6.54 Å². The molecule has 0 amide bonds. The number of benzene rings is 1. The second-order valence-electron chi connectivity index (χ2n) is 5.80. The first kappa shape index (κ1) is 16.9. The number of hydrogen-bond acceptors (Lipinski definition) is 6. The highest BCUT2D eigenvalue weighted by Crippen LogP contribution is 2.20. The van der Waals surface area contributed by atoms with Gasteiger partial charge in [0, 0.05) is 0 Å². The van der Waals surface area contributed by atoms with Gasteiger partial charge in [0.2, 0.25) is 4.96 Å². The van der Waals surface area contributed by atoms with E-state index in [-0.39, 0.29) is 0 Å². The molecule has 0 aliphatic rings. The molecule has 0 aliphatic carbocycles. The maximum Gasteiger partial charge on any atom is 0.234 e. The van der Waals surface area contributed by atoms with Crippen LogP contribution in [0.2, 0.25) is 0 Å². The molecule has 0 fully saturated rings. The number of nitrogens with zero attached hydrogens (tertiary/aromatic N) is 5. The monoisotopic (exact) mass is 345 g/mol. The highest BCUT2D eigenvalue weighted by Gasteiger charge is 2.14. The topological polar surface area (TPSA) is 55.5 Å². The first-order chi connectivity index (χ1) is 11.6. The third kappa shape index (κ3) is 3.57. The van der Waals surface area contributed by atoms with Crippen LogP contribution in [0.1, 0.15) is 35.8 Å². The van der Waals surface area contributed by atoms with Gasteiger partial charge in [-0.3, -0.25) is 4.90 Å². The maximum atomic E-state index is 5.87. The Morgan fingerprint density at radius 1 is 1.12 bits per heavy atom. The van der Waals surface area contributed by atoms with Crippen LogP contribution in [0.3, 0.4) is 0 Å². The van der Waals surface area contributed by atoms with E-state index in [0.29, 0.717) is 6.61 Å². The Morgan fingerprint density at radius 2 is 1.92 bits per heavy atom. The smallest absolute Gasteiger partial charge is 0.234 e. The minimum absolute atomic E-state index is 0.446. The standard InChI is InChI=1S/C17H23N5OS/c1-5-21(6-2)10-15-18-19-17-22(15)20-16(24-17)11-23-14-8-7-12(3)13(4)9-14/h7-9H,5-6,10-11H2,1-4H3. The van der Waals surface area contributed by atoms with Crippen molar-refractivity contribution in [2.24, 2.45) is 0 Å². The number of hydrogen-bond donors (Lipinski definition) is 0. The highest BCUT2D eigenvalue weighted by atomic mass is 32.1. The molecule has 0 bridgehead atoms. The summed E-state index contributed by atoms with van der Waals surface area (Å²) in [5.41, 5.74) is 2.49. The van der Waals surface area contributed by atoms with Crippen molar-refractivity contribution in [2.45, 2.75) is 40.8 Å². The van der Waals surface area contributed by atoms with E-state index < -0.39 is 0 Å². The molecule has 0 saturated carbocycles. The quantitative estimate of drug-likeness (QED) is 0.658. The number of fused-ring (bicyclic) bond motifs is 1. The lowest BCUT2D eigenvalue weighted by Gasteiger charge is -2.15. The van der Waals surface area contributed by atoms with Crippen molar-refractivity contribution in [1.29, 1.82) is 0 Å². The van der Waals surface area contributed by atoms with Gasteiger partial charge in [0.25, 0.3) is 0 Å². The molecule has 6 nitrogen and oxygen atoms in total. The van der Waals surface area contributed by atoms with Gasteiger partial charge in [-0.25, -0.2) is 0 Å². The Bertz CT molecular complexity index is 822. The van der Waals surface area contributed by atoms with Crippen LogP contribution in [0.5, 0.6) is 5.75 Å². The minimum Gasteiger partial charge on any atom is -0.486 e. The second kappa shape index (κ2) is 7.27. The Labute approximate surface area is 146 Å². The van der Waals surface area contributed by atoms with Crippen molar-refractivity contribution in [3.8, 4) is 5.75 Å². The summed E-state index contributed by atoms with van der Waals surface area (Å²) in [5, 5.41) is 14.0. The third-order valence-corrected chi connectivity index (χ3v) is 5.07. The first-order valence-corrected chi connectivity index (χ1v) is 9.04. The average Bonchev–Trinajstić information content (AvgIpc) is 3.14. The molecule has 2 heterocycles. The van der Waals surface area contributed by atoms with Gasteiger partial charge in [0.1, 0.15) is 12.4 Å². The lowest BCUT2D eigenvalue weighted by molar-refractivity contribution is 0.284. The average molecular weight is 345 g/mol. The predicted octanol–water partition coefficient (Wildman–Crippen LogP) is 3.22. The molecule has 0 saturated heterocycles. The van der Waals surface area contributed by atoms with E-state index in [1.54, 1.807) is 0 Å². The molecule has 7 heteroatoms. The van der Waals surface area contributed by atoms with Crippen LogP contribution >= 0.6 is 11.3 Å². The van der Waals surface area contributed by atoms with E-state index in [0.717, 1.165) is 41.2 Å². The van der Waals surface area contributed by atoms with E-state index in [9.17, 15) is 0 Å². The zero-order chi connectivity index (χ0) is 17.1. The van der Waals surface area contributed by atoms with Crippen LogP contribution in [-0.2, 0) is 13.2 Å². The maximum absolute atomic E-state index is 5.87. The summed E-state index contributed by atoms with van der Waals surface area (Å²) in [6, 6.07) is 6.13. The van der Waals surface area contributed by atoms with Gasteiger partial charge in [-0.05, 0) is 50.2 Å². The Hall–Kier alpha value is -1.99. The summed E-state index contributed by atoms with van der Waals surface area (Å²) < 4.78 is 7.70. The van der Waals surface area contributed by atoms with Crippen molar-refractivity contribution in [3.63, 3.8) is 0 Å². The summed E-state index contributed by atoms with van der Waals surface area (Å²) in [5.74, 6) is 1.75. The zero-order valence-corrected chi connectivity index (χ0v) is 15.4. The minimum atomic E-state index is 0.446. The summed E-state index contributed by atoms with van der Waals surface area (Å²) in [6.45, 7) is 11.6. The van der Waals surface area contributed by atoms with Gasteiger partial charge in [-0.15, -0.1) is 10.2 Å². The van der Waals surface area contributed by atoms with E-state index in [2.05, 4.69) is 60.0 Å². The molecule has 3 aromatic rings. The fraction of sp³-hybridized carbons (Fsp3) is 0.471. The van der Waals surface area contributed by atoms with Crippen molar-refractivity contribution in [3.05, 3.63) is 40.2 Å². The highest BCUT2D eigenvalue weighted by molar-refractivity contribution is 7.16. The Balaban J connectivity index is 1.71. The van der Waals surface area contributed by atoms with Gasteiger partial charge in [-0.1, -0.05) is 31.3 Å². The van der Waals surface area contributed by atoms with Crippen LogP contribution < -0.4 is 4.74 Å². The predicted molar refractivity (Wildman–Crippen MR) is 95.5 cm³/mol. The fourth-order valence-electron chi connectivity index (χ4n) is 2.45. The van der Waals surface area contributed by atoms with Crippen LogP contribution in [0.15, 0.2) is 18.2 Å². The van der Waals surface area contributed by atoms with Gasteiger partial charge >= 0.3 is 0 Å². The Morgan fingerprint density at radius 3 is 2.62 bits per heavy atom. The zero-order valence-electron chi connectivity index (χ0n) is 14.6.